The number of nitrogens with two attached hydrogens (primary N) is 1. The molecule has 0 aliphatic carbocycles. The van der Waals surface area contributed by atoms with Crippen LogP contribution in [0.2, 0.25) is 0 Å². The van der Waals surface area contributed by atoms with E-state index < -0.39 is 0 Å². The van der Waals surface area contributed by atoms with Crippen molar-refractivity contribution in [2.24, 2.45) is 0 Å². The van der Waals surface area contributed by atoms with Gasteiger partial charge in [-0.2, -0.15) is 0 Å². The third kappa shape index (κ3) is 1.67. The zero-order valence-electron chi connectivity index (χ0n) is 10.3. The number of hydrogen-bond donors (Lipinski definition) is 1. The Morgan fingerprint density at radius 1 is 1.05 bits per heavy atom. The predicted octanol–water partition coefficient (Wildman–Crippen LogP) is 1.77. The Hall–Kier alpha value is -2.69. The number of carbonyl (C=O) groups excluding carboxylic acids is 2. The number of pyridine rings is 1. The average molecular weight is 253 g/mol. The van der Waals surface area contributed by atoms with Gasteiger partial charge in [0.1, 0.15) is 5.82 Å². The lowest BCUT2D eigenvalue weighted by atomic mass is 10.1. The van der Waals surface area contributed by atoms with Gasteiger partial charge >= 0.3 is 0 Å². The highest BCUT2D eigenvalue weighted by Crippen LogP contribution is 2.28. The van der Waals surface area contributed by atoms with E-state index in [1.165, 1.54) is 6.07 Å². The van der Waals surface area contributed by atoms with Crippen LogP contribution in [0.3, 0.4) is 0 Å². The van der Waals surface area contributed by atoms with Gasteiger partial charge in [-0.1, -0.05) is 6.07 Å². The number of aromatic nitrogens is 1. The highest BCUT2D eigenvalue weighted by Gasteiger charge is 2.37. The molecule has 0 fully saturated rings. The molecule has 0 saturated heterocycles. The van der Waals surface area contributed by atoms with E-state index in [-0.39, 0.29) is 11.8 Å². The van der Waals surface area contributed by atoms with Crippen molar-refractivity contribution in [1.82, 2.24) is 4.98 Å². The summed E-state index contributed by atoms with van der Waals surface area (Å²) in [6, 6.07) is 9.90. The molecule has 0 saturated carbocycles. The smallest absolute Gasteiger partial charge is 0.267 e. The van der Waals surface area contributed by atoms with E-state index >= 15 is 0 Å². The first-order valence-electron chi connectivity index (χ1n) is 5.80. The van der Waals surface area contributed by atoms with Gasteiger partial charge < -0.3 is 5.73 Å². The number of amides is 2. The van der Waals surface area contributed by atoms with Gasteiger partial charge in [0, 0.05) is 11.4 Å². The zero-order valence-corrected chi connectivity index (χ0v) is 10.3. The minimum Gasteiger partial charge on any atom is -0.399 e. The third-order valence-corrected chi connectivity index (χ3v) is 3.01. The standard InChI is InChI=1S/C14H11N3O2/c1-8-3-2-4-12(16-8)17-13(18)10-6-5-9(15)7-11(10)14(17)19/h2-7H,15H2,1H3. The molecule has 0 atom stereocenters. The summed E-state index contributed by atoms with van der Waals surface area (Å²) < 4.78 is 0. The largest absolute Gasteiger partial charge is 0.399 e. The van der Waals surface area contributed by atoms with Gasteiger partial charge in [-0.15, -0.1) is 0 Å². The van der Waals surface area contributed by atoms with Crippen molar-refractivity contribution >= 4 is 23.3 Å². The molecule has 5 nitrogen and oxygen atoms in total. The van der Waals surface area contributed by atoms with E-state index in [0.717, 1.165) is 10.6 Å². The van der Waals surface area contributed by atoms with Crippen molar-refractivity contribution in [3.8, 4) is 0 Å². The van der Waals surface area contributed by atoms with Crippen LogP contribution in [0.1, 0.15) is 26.4 Å². The fourth-order valence-corrected chi connectivity index (χ4v) is 2.12. The van der Waals surface area contributed by atoms with Crippen LogP contribution in [-0.4, -0.2) is 16.8 Å². The Morgan fingerprint density at radius 3 is 2.53 bits per heavy atom. The summed E-state index contributed by atoms with van der Waals surface area (Å²) in [5.41, 5.74) is 7.54. The summed E-state index contributed by atoms with van der Waals surface area (Å²) in [6.45, 7) is 1.81. The molecule has 2 aromatic rings. The van der Waals surface area contributed by atoms with E-state index in [1.807, 2.05) is 0 Å². The molecule has 2 N–H and O–H groups in total. The Morgan fingerprint density at radius 2 is 1.79 bits per heavy atom. The van der Waals surface area contributed by atoms with Crippen molar-refractivity contribution in [2.45, 2.75) is 6.92 Å². The molecular formula is C14H11N3O2. The number of benzene rings is 1. The van der Waals surface area contributed by atoms with Crippen molar-refractivity contribution in [3.05, 3.63) is 53.2 Å². The highest BCUT2D eigenvalue weighted by atomic mass is 16.2. The Balaban J connectivity index is 2.13. The first-order valence-corrected chi connectivity index (χ1v) is 5.80. The molecule has 0 unspecified atom stereocenters. The number of rotatable bonds is 1. The van der Waals surface area contributed by atoms with Gasteiger partial charge in [0.25, 0.3) is 11.8 Å². The highest BCUT2D eigenvalue weighted by molar-refractivity contribution is 6.34. The molecule has 94 valence electrons. The molecule has 3 rings (SSSR count). The fraction of sp³-hybridized carbons (Fsp3) is 0.0714. The minimum atomic E-state index is -0.384. The van der Waals surface area contributed by atoms with Crippen LogP contribution < -0.4 is 10.6 Å². The van der Waals surface area contributed by atoms with Crippen LogP contribution in [0.25, 0.3) is 0 Å². The van der Waals surface area contributed by atoms with Crippen LogP contribution in [0.15, 0.2) is 36.4 Å². The molecule has 0 spiro atoms. The van der Waals surface area contributed by atoms with Gasteiger partial charge in [-0.3, -0.25) is 9.59 Å². The van der Waals surface area contributed by atoms with Gasteiger partial charge in [0.05, 0.1) is 11.1 Å². The predicted molar refractivity (Wildman–Crippen MR) is 71.0 cm³/mol. The first kappa shape index (κ1) is 11.4. The van der Waals surface area contributed by atoms with Crippen molar-refractivity contribution in [3.63, 3.8) is 0 Å². The first-order chi connectivity index (χ1) is 9.08. The summed E-state index contributed by atoms with van der Waals surface area (Å²) >= 11 is 0. The lowest BCUT2D eigenvalue weighted by molar-refractivity contribution is 0.0925. The number of nitrogens with zero attached hydrogens (tertiary/aromatic N) is 2. The quantitative estimate of drug-likeness (QED) is 0.620. The molecule has 19 heavy (non-hydrogen) atoms. The summed E-state index contributed by atoms with van der Waals surface area (Å²) in [5, 5.41) is 0. The maximum absolute atomic E-state index is 12.3. The van der Waals surface area contributed by atoms with E-state index in [2.05, 4.69) is 4.98 Å². The monoisotopic (exact) mass is 253 g/mol. The maximum atomic E-state index is 12.3. The summed E-state index contributed by atoms with van der Waals surface area (Å²) in [6.07, 6.45) is 0. The number of anilines is 2. The minimum absolute atomic E-state index is 0.327. The Bertz CT molecular complexity index is 710. The van der Waals surface area contributed by atoms with E-state index in [9.17, 15) is 9.59 Å². The number of aryl methyl sites for hydroxylation is 1. The normalized spacial score (nSPS) is 13.8. The second-order valence-electron chi connectivity index (χ2n) is 4.39. The van der Waals surface area contributed by atoms with Gasteiger partial charge in [0.2, 0.25) is 0 Å². The van der Waals surface area contributed by atoms with Crippen LogP contribution >= 0.6 is 0 Å². The molecule has 1 aromatic heterocycles. The molecule has 1 aliphatic heterocycles. The van der Waals surface area contributed by atoms with Crippen LogP contribution in [0.5, 0.6) is 0 Å². The van der Waals surface area contributed by atoms with Crippen molar-refractivity contribution in [1.29, 1.82) is 0 Å². The summed E-state index contributed by atoms with van der Waals surface area (Å²) in [7, 11) is 0. The number of hydrogen-bond acceptors (Lipinski definition) is 4. The lowest BCUT2D eigenvalue weighted by Gasteiger charge is -2.12. The van der Waals surface area contributed by atoms with E-state index in [0.29, 0.717) is 22.6 Å². The molecule has 0 bridgehead atoms. The molecular weight excluding hydrogens is 242 g/mol. The van der Waals surface area contributed by atoms with Crippen molar-refractivity contribution < 1.29 is 9.59 Å². The second-order valence-corrected chi connectivity index (χ2v) is 4.39. The summed E-state index contributed by atoms with van der Waals surface area (Å²) in [4.78, 5) is 29.8. The van der Waals surface area contributed by atoms with Gasteiger partial charge in [0.15, 0.2) is 0 Å². The molecule has 2 heterocycles. The summed E-state index contributed by atoms with van der Waals surface area (Å²) in [5.74, 6) is -0.409. The number of imide groups is 1. The number of carbonyl (C=O) groups is 2. The van der Waals surface area contributed by atoms with Gasteiger partial charge in [-0.05, 0) is 37.3 Å². The second kappa shape index (κ2) is 3.91. The third-order valence-electron chi connectivity index (χ3n) is 3.01. The van der Waals surface area contributed by atoms with Crippen LogP contribution in [-0.2, 0) is 0 Å². The number of fused-ring (bicyclic) bond motifs is 1. The van der Waals surface area contributed by atoms with Crippen LogP contribution in [0, 0.1) is 6.92 Å². The molecule has 2 amide bonds. The number of nitrogen functional groups attached to an aromatic ring is 1. The molecule has 5 heteroatoms. The average Bonchev–Trinajstić information content (AvgIpc) is 2.61. The topological polar surface area (TPSA) is 76.3 Å². The molecule has 1 aromatic carbocycles. The molecule has 0 radical (unpaired) electrons. The SMILES string of the molecule is Cc1cccc(N2C(=O)c3ccc(N)cc3C2=O)n1. The Labute approximate surface area is 109 Å². The Kier molecular flexibility index (Phi) is 2.35. The van der Waals surface area contributed by atoms with E-state index in [4.69, 9.17) is 5.73 Å². The van der Waals surface area contributed by atoms with Crippen LogP contribution in [0.4, 0.5) is 11.5 Å². The van der Waals surface area contributed by atoms with Crippen molar-refractivity contribution in [2.75, 3.05) is 10.6 Å². The zero-order chi connectivity index (χ0) is 13.6. The molecule has 1 aliphatic rings. The lowest BCUT2D eigenvalue weighted by Crippen LogP contribution is -2.30. The van der Waals surface area contributed by atoms with E-state index in [1.54, 1.807) is 37.3 Å². The maximum Gasteiger partial charge on any atom is 0.267 e. The fourth-order valence-electron chi connectivity index (χ4n) is 2.12. The van der Waals surface area contributed by atoms with Gasteiger partial charge in [-0.25, -0.2) is 9.88 Å².